The lowest BCUT2D eigenvalue weighted by Gasteiger charge is -2.14. The summed E-state index contributed by atoms with van der Waals surface area (Å²) in [5, 5.41) is 3.35. The van der Waals surface area contributed by atoms with Crippen LogP contribution in [0.15, 0.2) is 24.3 Å². The summed E-state index contributed by atoms with van der Waals surface area (Å²) in [6.45, 7) is 5.05. The van der Waals surface area contributed by atoms with Gasteiger partial charge in [-0.05, 0) is 43.7 Å². The third-order valence-corrected chi connectivity index (χ3v) is 6.87. The molecule has 0 aliphatic carbocycles. The fourth-order valence-corrected chi connectivity index (χ4v) is 4.71. The molecule has 10 heteroatoms. The minimum absolute atomic E-state index is 0.0307. The minimum Gasteiger partial charge on any atom is -0.469 e. The highest BCUT2D eigenvalue weighted by atomic mass is 32.2. The predicted octanol–water partition coefficient (Wildman–Crippen LogP) is 3.13. The van der Waals surface area contributed by atoms with Gasteiger partial charge in [-0.1, -0.05) is 44.0 Å². The average molecular weight is 492 g/mol. The first-order valence-electron chi connectivity index (χ1n) is 11.7. The fourth-order valence-electron chi connectivity index (χ4n) is 3.59. The molecule has 1 aromatic heterocycles. The van der Waals surface area contributed by atoms with Crippen LogP contribution in [0.5, 0.6) is 0 Å². The SMILES string of the molecule is CCCCCNc1nc(N)nc(C)c1CCCCS(=O)(=O)NCc1cccc(CC(=O)OC)c1. The topological polar surface area (TPSA) is 136 Å². The molecule has 0 radical (unpaired) electrons. The van der Waals surface area contributed by atoms with E-state index >= 15 is 0 Å². The van der Waals surface area contributed by atoms with Gasteiger partial charge in [0, 0.05) is 24.3 Å². The third kappa shape index (κ3) is 9.64. The number of nitrogen functional groups attached to an aromatic ring is 1. The molecular formula is C24H37N5O4S. The van der Waals surface area contributed by atoms with Crippen LogP contribution in [0.4, 0.5) is 11.8 Å². The van der Waals surface area contributed by atoms with Crippen molar-refractivity contribution < 1.29 is 17.9 Å². The number of aromatic nitrogens is 2. The number of methoxy groups -OCH3 is 1. The highest BCUT2D eigenvalue weighted by Gasteiger charge is 2.13. The molecule has 0 saturated carbocycles. The molecule has 34 heavy (non-hydrogen) atoms. The van der Waals surface area contributed by atoms with Crippen molar-refractivity contribution in [3.63, 3.8) is 0 Å². The molecule has 2 aromatic rings. The van der Waals surface area contributed by atoms with Crippen LogP contribution in [0.25, 0.3) is 0 Å². The number of hydrogen-bond acceptors (Lipinski definition) is 8. The number of nitrogens with one attached hydrogen (secondary N) is 2. The van der Waals surface area contributed by atoms with Gasteiger partial charge >= 0.3 is 5.97 Å². The smallest absolute Gasteiger partial charge is 0.309 e. The van der Waals surface area contributed by atoms with Crippen molar-refractivity contribution in [2.24, 2.45) is 0 Å². The average Bonchev–Trinajstić information content (AvgIpc) is 2.79. The van der Waals surface area contributed by atoms with E-state index in [1.54, 1.807) is 12.1 Å². The predicted molar refractivity (Wildman–Crippen MR) is 135 cm³/mol. The van der Waals surface area contributed by atoms with Crippen molar-refractivity contribution in [1.82, 2.24) is 14.7 Å². The van der Waals surface area contributed by atoms with Crippen molar-refractivity contribution in [1.29, 1.82) is 0 Å². The molecular weight excluding hydrogens is 454 g/mol. The molecule has 0 spiro atoms. The Morgan fingerprint density at radius 1 is 1.12 bits per heavy atom. The zero-order valence-electron chi connectivity index (χ0n) is 20.4. The van der Waals surface area contributed by atoms with Crippen LogP contribution in [-0.4, -0.2) is 43.8 Å². The Balaban J connectivity index is 1.85. The number of nitrogens with two attached hydrogens (primary N) is 1. The molecule has 0 amide bonds. The van der Waals surface area contributed by atoms with Crippen LogP contribution in [-0.2, 0) is 38.9 Å². The minimum atomic E-state index is -3.43. The number of ether oxygens (including phenoxy) is 1. The van der Waals surface area contributed by atoms with E-state index in [-0.39, 0.29) is 30.6 Å². The van der Waals surface area contributed by atoms with Crippen molar-refractivity contribution in [3.8, 4) is 0 Å². The summed E-state index contributed by atoms with van der Waals surface area (Å²) in [5.74, 6) is 0.678. The number of carbonyl (C=O) groups excluding carboxylic acids is 1. The number of hydrogen-bond donors (Lipinski definition) is 3. The summed E-state index contributed by atoms with van der Waals surface area (Å²) in [6, 6.07) is 7.23. The lowest BCUT2D eigenvalue weighted by atomic mass is 10.1. The Labute approximate surface area is 203 Å². The van der Waals surface area contributed by atoms with Crippen LogP contribution in [0.2, 0.25) is 0 Å². The second-order valence-corrected chi connectivity index (χ2v) is 10.2. The fraction of sp³-hybridized carbons (Fsp3) is 0.542. The van der Waals surface area contributed by atoms with Crippen molar-refractivity contribution in [2.75, 3.05) is 30.5 Å². The summed E-state index contributed by atoms with van der Waals surface area (Å²) < 4.78 is 32.3. The Hall–Kier alpha value is -2.72. The number of unbranched alkanes of at least 4 members (excludes halogenated alkanes) is 3. The summed E-state index contributed by atoms with van der Waals surface area (Å²) in [5.41, 5.74) is 9.19. The van der Waals surface area contributed by atoms with E-state index in [1.165, 1.54) is 7.11 Å². The van der Waals surface area contributed by atoms with Crippen molar-refractivity contribution in [3.05, 3.63) is 46.6 Å². The summed E-state index contributed by atoms with van der Waals surface area (Å²) in [6.07, 6.45) is 5.36. The van der Waals surface area contributed by atoms with Gasteiger partial charge in [0.2, 0.25) is 16.0 Å². The van der Waals surface area contributed by atoms with E-state index in [2.05, 4.69) is 31.7 Å². The molecule has 0 atom stereocenters. The Morgan fingerprint density at radius 3 is 2.62 bits per heavy atom. The monoisotopic (exact) mass is 491 g/mol. The van der Waals surface area contributed by atoms with Gasteiger partial charge < -0.3 is 15.8 Å². The molecule has 0 fully saturated rings. The largest absolute Gasteiger partial charge is 0.469 e. The number of aryl methyl sites for hydroxylation is 1. The molecule has 0 bridgehead atoms. The maximum atomic E-state index is 12.5. The second kappa shape index (κ2) is 13.9. The first-order chi connectivity index (χ1) is 16.2. The standard InChI is InChI=1S/C24H37N5O4S/c1-4-5-7-13-26-23-21(18(2)28-24(25)29-23)12-6-8-14-34(31,32)27-17-20-11-9-10-19(15-20)16-22(30)33-3/h9-11,15,27H,4-8,12-14,16-17H2,1-3H3,(H3,25,26,28,29). The first kappa shape index (κ1) is 27.5. The highest BCUT2D eigenvalue weighted by molar-refractivity contribution is 7.89. The van der Waals surface area contributed by atoms with Crippen LogP contribution in [0.1, 0.15) is 61.4 Å². The maximum Gasteiger partial charge on any atom is 0.309 e. The summed E-state index contributed by atoms with van der Waals surface area (Å²) in [7, 11) is -2.09. The second-order valence-electron chi connectivity index (χ2n) is 8.30. The number of sulfonamides is 1. The molecule has 188 valence electrons. The van der Waals surface area contributed by atoms with Gasteiger partial charge in [0.25, 0.3) is 0 Å². The summed E-state index contributed by atoms with van der Waals surface area (Å²) in [4.78, 5) is 20.1. The maximum absolute atomic E-state index is 12.5. The highest BCUT2D eigenvalue weighted by Crippen LogP contribution is 2.20. The van der Waals surface area contributed by atoms with Crippen molar-refractivity contribution >= 4 is 27.8 Å². The number of nitrogens with zero attached hydrogens (tertiary/aromatic N) is 2. The number of anilines is 2. The normalized spacial score (nSPS) is 11.4. The van der Waals surface area contributed by atoms with Crippen LogP contribution in [0, 0.1) is 6.92 Å². The third-order valence-electron chi connectivity index (χ3n) is 5.46. The lowest BCUT2D eigenvalue weighted by molar-refractivity contribution is -0.139. The molecule has 0 unspecified atom stereocenters. The molecule has 4 N–H and O–H groups in total. The van der Waals surface area contributed by atoms with E-state index < -0.39 is 10.0 Å². The van der Waals surface area contributed by atoms with E-state index in [0.717, 1.165) is 54.0 Å². The quantitative estimate of drug-likeness (QED) is 0.255. The number of rotatable bonds is 15. The first-order valence-corrected chi connectivity index (χ1v) is 13.4. The number of carbonyl (C=O) groups is 1. The van der Waals surface area contributed by atoms with Gasteiger partial charge in [-0.3, -0.25) is 4.79 Å². The number of benzene rings is 1. The van der Waals surface area contributed by atoms with E-state index in [4.69, 9.17) is 5.73 Å². The molecule has 0 aliphatic rings. The summed E-state index contributed by atoms with van der Waals surface area (Å²) >= 11 is 0. The van der Waals surface area contributed by atoms with Gasteiger partial charge in [0.05, 0.1) is 19.3 Å². The van der Waals surface area contributed by atoms with Gasteiger partial charge in [-0.15, -0.1) is 0 Å². The van der Waals surface area contributed by atoms with Crippen molar-refractivity contribution in [2.45, 2.75) is 65.3 Å². The Morgan fingerprint density at radius 2 is 1.88 bits per heavy atom. The van der Waals surface area contributed by atoms with Gasteiger partial charge in [-0.2, -0.15) is 4.98 Å². The molecule has 0 saturated heterocycles. The zero-order valence-corrected chi connectivity index (χ0v) is 21.2. The Bertz CT molecular complexity index is 1040. The molecule has 2 rings (SSSR count). The van der Waals surface area contributed by atoms with E-state index in [0.29, 0.717) is 19.3 Å². The van der Waals surface area contributed by atoms with E-state index in [1.807, 2.05) is 19.1 Å². The van der Waals surface area contributed by atoms with Crippen LogP contribution < -0.4 is 15.8 Å². The molecule has 1 aromatic carbocycles. The molecule has 9 nitrogen and oxygen atoms in total. The zero-order chi connectivity index (χ0) is 25.0. The van der Waals surface area contributed by atoms with E-state index in [9.17, 15) is 13.2 Å². The van der Waals surface area contributed by atoms with Gasteiger partial charge in [-0.25, -0.2) is 18.1 Å². The van der Waals surface area contributed by atoms with Gasteiger partial charge in [0.1, 0.15) is 5.82 Å². The number of esters is 1. The Kier molecular flexibility index (Phi) is 11.2. The van der Waals surface area contributed by atoms with Crippen LogP contribution >= 0.6 is 0 Å². The lowest BCUT2D eigenvalue weighted by Crippen LogP contribution is -2.26. The molecule has 0 aliphatic heterocycles. The molecule has 1 heterocycles. The van der Waals surface area contributed by atoms with Gasteiger partial charge in [0.15, 0.2) is 0 Å². The van der Waals surface area contributed by atoms with Crippen LogP contribution in [0.3, 0.4) is 0 Å².